The summed E-state index contributed by atoms with van der Waals surface area (Å²) in [6.45, 7) is 6.12. The van der Waals surface area contributed by atoms with E-state index in [1.54, 1.807) is 21.6 Å². The van der Waals surface area contributed by atoms with Crippen molar-refractivity contribution >= 4 is 51.7 Å². The number of pyridine rings is 1. The molecule has 3 fully saturated rings. The molecule has 0 bridgehead atoms. The lowest BCUT2D eigenvalue weighted by Gasteiger charge is -2.36. The molecule has 7 nitrogen and oxygen atoms in total. The van der Waals surface area contributed by atoms with Gasteiger partial charge in [-0.2, -0.15) is 0 Å². The van der Waals surface area contributed by atoms with Crippen LogP contribution in [-0.2, 0) is 11.3 Å². The van der Waals surface area contributed by atoms with E-state index in [2.05, 4.69) is 34.1 Å². The molecule has 2 aromatic heterocycles. The molecule has 1 saturated carbocycles. The summed E-state index contributed by atoms with van der Waals surface area (Å²) >= 11 is 6.92. The highest BCUT2D eigenvalue weighted by Gasteiger charge is 2.38. The van der Waals surface area contributed by atoms with Gasteiger partial charge in [-0.1, -0.05) is 73.2 Å². The molecule has 0 radical (unpaired) electrons. The number of nitrogens with zero attached hydrogens (tertiary/aromatic N) is 5. The minimum Gasteiger partial charge on any atom is -0.353 e. The van der Waals surface area contributed by atoms with Gasteiger partial charge in [0.15, 0.2) is 0 Å². The largest absolute Gasteiger partial charge is 0.353 e. The van der Waals surface area contributed by atoms with Gasteiger partial charge >= 0.3 is 0 Å². The van der Waals surface area contributed by atoms with Crippen LogP contribution in [0.1, 0.15) is 42.4 Å². The summed E-state index contributed by atoms with van der Waals surface area (Å²) in [6.07, 6.45) is 7.70. The predicted octanol–water partition coefficient (Wildman–Crippen LogP) is 4.47. The first-order valence-electron chi connectivity index (χ1n) is 13.3. The Bertz CT molecular complexity index is 1470. The molecule has 9 heteroatoms. The quantitative estimate of drug-likeness (QED) is 0.346. The summed E-state index contributed by atoms with van der Waals surface area (Å²) in [6, 6.07) is 14.5. The third-order valence-electron chi connectivity index (χ3n) is 7.77. The number of anilines is 1. The number of thiocarbonyl (C=S) groups is 1. The van der Waals surface area contributed by atoms with Gasteiger partial charge in [0.2, 0.25) is 0 Å². The Kier molecular flexibility index (Phi) is 7.07. The Labute approximate surface area is 232 Å². The Morgan fingerprint density at radius 2 is 1.76 bits per heavy atom. The van der Waals surface area contributed by atoms with E-state index in [0.717, 1.165) is 64.0 Å². The molecule has 2 saturated heterocycles. The van der Waals surface area contributed by atoms with E-state index in [1.807, 2.05) is 25.1 Å². The number of aryl methyl sites for hydroxylation is 1. The van der Waals surface area contributed by atoms with Crippen LogP contribution < -0.4 is 10.5 Å². The SMILES string of the molecule is Cc1cccn2c(=O)c(/C=C3\SC(=S)N(C4CCCC4)C3=O)c(N3CCN(Cc4ccccc4)CC3)nc12. The molecule has 3 aliphatic rings. The minimum atomic E-state index is -0.161. The van der Waals surface area contributed by atoms with Gasteiger partial charge in [-0.3, -0.25) is 23.8 Å². The molecule has 1 aliphatic carbocycles. The summed E-state index contributed by atoms with van der Waals surface area (Å²) in [4.78, 5) is 39.2. The van der Waals surface area contributed by atoms with Gasteiger partial charge in [-0.25, -0.2) is 4.98 Å². The van der Waals surface area contributed by atoms with Crippen LogP contribution in [0.5, 0.6) is 0 Å². The smallest absolute Gasteiger partial charge is 0.267 e. The van der Waals surface area contributed by atoms with Crippen LogP contribution in [0.15, 0.2) is 58.4 Å². The fraction of sp³-hybridized carbons (Fsp3) is 0.379. The van der Waals surface area contributed by atoms with E-state index in [9.17, 15) is 9.59 Å². The van der Waals surface area contributed by atoms with Crippen molar-refractivity contribution in [3.05, 3.63) is 80.6 Å². The lowest BCUT2D eigenvalue weighted by molar-refractivity contribution is -0.123. The average Bonchev–Trinajstić information content (AvgIpc) is 3.54. The first-order valence-corrected chi connectivity index (χ1v) is 14.5. The second kappa shape index (κ2) is 10.6. The molecule has 0 unspecified atom stereocenters. The van der Waals surface area contributed by atoms with Crippen molar-refractivity contribution in [3.63, 3.8) is 0 Å². The highest BCUT2D eigenvalue weighted by atomic mass is 32.2. The number of piperazine rings is 1. The normalized spacial score (nSPS) is 20.4. The lowest BCUT2D eigenvalue weighted by atomic mass is 10.1. The average molecular weight is 546 g/mol. The van der Waals surface area contributed by atoms with Crippen molar-refractivity contribution < 1.29 is 4.79 Å². The minimum absolute atomic E-state index is 0.0840. The topological polar surface area (TPSA) is 61.2 Å². The molecule has 3 aromatic rings. The van der Waals surface area contributed by atoms with Crippen LogP contribution >= 0.6 is 24.0 Å². The Morgan fingerprint density at radius 1 is 1.03 bits per heavy atom. The van der Waals surface area contributed by atoms with Crippen LogP contribution in [-0.4, -0.2) is 61.6 Å². The summed E-state index contributed by atoms with van der Waals surface area (Å²) < 4.78 is 2.18. The Hall–Kier alpha value is -3.01. The monoisotopic (exact) mass is 545 g/mol. The van der Waals surface area contributed by atoms with E-state index in [4.69, 9.17) is 17.2 Å². The summed E-state index contributed by atoms with van der Waals surface area (Å²) in [7, 11) is 0. The summed E-state index contributed by atoms with van der Waals surface area (Å²) in [5.41, 5.74) is 3.18. The Balaban J connectivity index is 1.34. The van der Waals surface area contributed by atoms with E-state index in [1.165, 1.54) is 17.3 Å². The van der Waals surface area contributed by atoms with Crippen LogP contribution in [0.25, 0.3) is 11.7 Å². The molecule has 0 atom stereocenters. The number of amides is 1. The fourth-order valence-corrected chi connectivity index (χ4v) is 7.10. The second-order valence-corrected chi connectivity index (χ2v) is 12.0. The van der Waals surface area contributed by atoms with Crippen molar-refractivity contribution in [2.24, 2.45) is 0 Å². The maximum Gasteiger partial charge on any atom is 0.267 e. The van der Waals surface area contributed by atoms with Crippen molar-refractivity contribution in [1.29, 1.82) is 0 Å². The van der Waals surface area contributed by atoms with E-state index >= 15 is 0 Å². The number of hydrogen-bond donors (Lipinski definition) is 0. The Morgan fingerprint density at radius 3 is 2.50 bits per heavy atom. The highest BCUT2D eigenvalue weighted by molar-refractivity contribution is 8.26. The van der Waals surface area contributed by atoms with Gasteiger partial charge in [-0.15, -0.1) is 0 Å². The second-order valence-electron chi connectivity index (χ2n) is 10.3. The van der Waals surface area contributed by atoms with Crippen molar-refractivity contribution in [2.45, 2.75) is 45.2 Å². The third-order valence-corrected chi connectivity index (χ3v) is 9.10. The van der Waals surface area contributed by atoms with E-state index in [0.29, 0.717) is 26.3 Å². The van der Waals surface area contributed by atoms with Gasteiger partial charge in [0.25, 0.3) is 11.5 Å². The van der Waals surface area contributed by atoms with Gasteiger partial charge in [-0.05, 0) is 43.0 Å². The number of rotatable bonds is 5. The maximum absolute atomic E-state index is 13.8. The first-order chi connectivity index (χ1) is 18.5. The molecule has 196 valence electrons. The molecule has 2 aliphatic heterocycles. The number of benzene rings is 1. The number of fused-ring (bicyclic) bond motifs is 1. The summed E-state index contributed by atoms with van der Waals surface area (Å²) in [5, 5.41) is 0. The zero-order valence-corrected chi connectivity index (χ0v) is 23.1. The molecule has 1 amide bonds. The number of thioether (sulfide) groups is 1. The summed E-state index contributed by atoms with van der Waals surface area (Å²) in [5.74, 6) is 0.564. The van der Waals surface area contributed by atoms with Gasteiger partial charge in [0.05, 0.1) is 10.5 Å². The molecular weight excluding hydrogens is 514 g/mol. The van der Waals surface area contributed by atoms with Crippen molar-refractivity contribution in [1.82, 2.24) is 19.2 Å². The number of hydrogen-bond acceptors (Lipinski definition) is 7. The first kappa shape index (κ1) is 25.3. The van der Waals surface area contributed by atoms with Gasteiger partial charge < -0.3 is 4.90 Å². The number of carbonyl (C=O) groups is 1. The molecule has 0 spiro atoms. The molecule has 1 aromatic carbocycles. The molecule has 38 heavy (non-hydrogen) atoms. The number of carbonyl (C=O) groups excluding carboxylic acids is 1. The molecule has 4 heterocycles. The lowest BCUT2D eigenvalue weighted by Crippen LogP contribution is -2.47. The zero-order chi connectivity index (χ0) is 26.2. The highest BCUT2D eigenvalue weighted by Crippen LogP contribution is 2.38. The maximum atomic E-state index is 13.8. The van der Waals surface area contributed by atoms with Crippen LogP contribution in [0.4, 0.5) is 5.82 Å². The predicted molar refractivity (Wildman–Crippen MR) is 157 cm³/mol. The number of aromatic nitrogens is 2. The van der Waals surface area contributed by atoms with E-state index in [-0.39, 0.29) is 17.5 Å². The zero-order valence-electron chi connectivity index (χ0n) is 21.5. The molecule has 6 rings (SSSR count). The van der Waals surface area contributed by atoms with Crippen LogP contribution in [0.3, 0.4) is 0 Å². The van der Waals surface area contributed by atoms with Crippen LogP contribution in [0.2, 0.25) is 0 Å². The van der Waals surface area contributed by atoms with E-state index < -0.39 is 0 Å². The standard InChI is InChI=1S/C29H31N5O2S2/c1-20-8-7-13-33-25(20)30-26(32-16-14-31(15-17-32)19-21-9-3-2-4-10-21)23(27(33)35)18-24-28(36)34(29(37)38-24)22-11-5-6-12-22/h2-4,7-10,13,18,22H,5-6,11-12,14-17,19H2,1H3/b24-18-. The van der Waals surface area contributed by atoms with Crippen molar-refractivity contribution in [3.8, 4) is 0 Å². The third kappa shape index (κ3) is 4.79. The fourth-order valence-electron chi connectivity index (χ4n) is 5.72. The molecular formula is C29H31N5O2S2. The molecule has 0 N–H and O–H groups in total. The van der Waals surface area contributed by atoms with Crippen LogP contribution in [0, 0.1) is 6.92 Å². The van der Waals surface area contributed by atoms with Crippen molar-refractivity contribution in [2.75, 3.05) is 31.1 Å². The van der Waals surface area contributed by atoms with Gasteiger partial charge in [0, 0.05) is 45.0 Å². The van der Waals surface area contributed by atoms with Gasteiger partial charge in [0.1, 0.15) is 15.8 Å².